The average Bonchev–Trinajstić information content (AvgIpc) is 3.03. The minimum Gasteiger partial charge on any atom is -0.353 e. The van der Waals surface area contributed by atoms with Gasteiger partial charge in [0, 0.05) is 20.1 Å². The minimum atomic E-state index is -0.419. The second-order valence-corrected chi connectivity index (χ2v) is 7.51. The molecule has 0 unspecified atom stereocenters. The van der Waals surface area contributed by atoms with Crippen LogP contribution in [0.1, 0.15) is 37.7 Å². The molecule has 4 rings (SSSR count). The van der Waals surface area contributed by atoms with E-state index in [0.717, 1.165) is 35.8 Å². The highest BCUT2D eigenvalue weighted by Crippen LogP contribution is 2.24. The zero-order valence-electron chi connectivity index (χ0n) is 16.1. The molecule has 1 N–H and O–H groups in total. The number of anilines is 1. The second-order valence-electron chi connectivity index (χ2n) is 7.51. The van der Waals surface area contributed by atoms with Crippen molar-refractivity contribution in [2.45, 2.75) is 44.7 Å². The van der Waals surface area contributed by atoms with Crippen molar-refractivity contribution in [3.8, 4) is 0 Å². The van der Waals surface area contributed by atoms with Crippen LogP contribution in [0.3, 0.4) is 0 Å². The molecule has 1 saturated carbocycles. The highest BCUT2D eigenvalue weighted by atomic mass is 19.1. The fourth-order valence-corrected chi connectivity index (χ4v) is 3.96. The van der Waals surface area contributed by atoms with Crippen LogP contribution in [0.15, 0.2) is 33.9 Å². The largest absolute Gasteiger partial charge is 0.353 e. The third-order valence-corrected chi connectivity index (χ3v) is 5.52. The lowest BCUT2D eigenvalue weighted by molar-refractivity contribution is 0.459. The lowest BCUT2D eigenvalue weighted by Crippen LogP contribution is -2.37. The first-order chi connectivity index (χ1) is 13.5. The van der Waals surface area contributed by atoms with Gasteiger partial charge in [-0.2, -0.15) is 4.98 Å². The number of nitrogens with one attached hydrogen (secondary N) is 1. The van der Waals surface area contributed by atoms with Crippen LogP contribution < -0.4 is 16.6 Å². The van der Waals surface area contributed by atoms with E-state index >= 15 is 0 Å². The van der Waals surface area contributed by atoms with Crippen molar-refractivity contribution in [1.82, 2.24) is 18.7 Å². The predicted octanol–water partition coefficient (Wildman–Crippen LogP) is 2.37. The van der Waals surface area contributed by atoms with E-state index in [9.17, 15) is 14.0 Å². The maximum atomic E-state index is 13.7. The third kappa shape index (κ3) is 3.23. The van der Waals surface area contributed by atoms with Gasteiger partial charge in [0.1, 0.15) is 5.82 Å². The number of aryl methyl sites for hydroxylation is 1. The molecule has 0 aliphatic heterocycles. The standard InChI is InChI=1S/C20H24FN5O2/c1-24-17-16(18(27)25(2)20(24)28)26(12-13-7-6-8-14(21)11-13)19(23-17)22-15-9-4-3-5-10-15/h6-8,11,15H,3-5,9-10,12H2,1-2H3,(H,22,23). The van der Waals surface area contributed by atoms with Gasteiger partial charge < -0.3 is 5.32 Å². The molecule has 0 radical (unpaired) electrons. The first-order valence-electron chi connectivity index (χ1n) is 9.63. The summed E-state index contributed by atoms with van der Waals surface area (Å²) in [6, 6.07) is 6.57. The third-order valence-electron chi connectivity index (χ3n) is 5.52. The minimum absolute atomic E-state index is 0.276. The number of halogens is 1. The number of rotatable bonds is 4. The van der Waals surface area contributed by atoms with Gasteiger partial charge in [-0.15, -0.1) is 0 Å². The van der Waals surface area contributed by atoms with E-state index in [-0.39, 0.29) is 18.4 Å². The van der Waals surface area contributed by atoms with Crippen molar-refractivity contribution in [2.24, 2.45) is 14.1 Å². The Morgan fingerprint density at radius 3 is 2.61 bits per heavy atom. The Morgan fingerprint density at radius 2 is 1.89 bits per heavy atom. The first kappa shape index (κ1) is 18.5. The normalized spacial score (nSPS) is 15.2. The van der Waals surface area contributed by atoms with Crippen LogP contribution >= 0.6 is 0 Å². The van der Waals surface area contributed by atoms with Crippen LogP contribution in [0.2, 0.25) is 0 Å². The number of aromatic nitrogens is 4. The Hall–Kier alpha value is -2.90. The number of fused-ring (bicyclic) bond motifs is 1. The van der Waals surface area contributed by atoms with Crippen LogP contribution in [0.5, 0.6) is 0 Å². The van der Waals surface area contributed by atoms with Gasteiger partial charge in [-0.3, -0.25) is 18.5 Å². The molecular formula is C20H24FN5O2. The highest BCUT2D eigenvalue weighted by molar-refractivity contribution is 5.74. The molecule has 28 heavy (non-hydrogen) atoms. The number of hydrogen-bond acceptors (Lipinski definition) is 4. The summed E-state index contributed by atoms with van der Waals surface area (Å²) in [6.07, 6.45) is 5.62. The molecule has 1 aliphatic carbocycles. The van der Waals surface area contributed by atoms with Crippen LogP contribution in [-0.4, -0.2) is 24.7 Å². The van der Waals surface area contributed by atoms with E-state index in [2.05, 4.69) is 10.3 Å². The van der Waals surface area contributed by atoms with Crippen LogP contribution in [0.25, 0.3) is 11.2 Å². The van der Waals surface area contributed by atoms with E-state index in [1.807, 2.05) is 6.07 Å². The predicted molar refractivity (Wildman–Crippen MR) is 106 cm³/mol. The van der Waals surface area contributed by atoms with Crippen LogP contribution in [-0.2, 0) is 20.6 Å². The van der Waals surface area contributed by atoms with Crippen LogP contribution in [0.4, 0.5) is 10.3 Å². The molecule has 1 fully saturated rings. The molecular weight excluding hydrogens is 361 g/mol. The fraction of sp³-hybridized carbons (Fsp3) is 0.450. The van der Waals surface area contributed by atoms with Gasteiger partial charge in [-0.25, -0.2) is 9.18 Å². The van der Waals surface area contributed by atoms with Crippen molar-refractivity contribution in [3.63, 3.8) is 0 Å². The lowest BCUT2D eigenvalue weighted by atomic mass is 9.96. The number of hydrogen-bond donors (Lipinski definition) is 1. The molecule has 7 nitrogen and oxygen atoms in total. The summed E-state index contributed by atoms with van der Waals surface area (Å²) in [4.78, 5) is 29.8. The number of benzene rings is 1. The van der Waals surface area contributed by atoms with Gasteiger partial charge in [0.05, 0.1) is 6.54 Å². The van der Waals surface area contributed by atoms with Gasteiger partial charge in [0.25, 0.3) is 5.56 Å². The quantitative estimate of drug-likeness (QED) is 0.748. The smallest absolute Gasteiger partial charge is 0.332 e. The zero-order valence-corrected chi connectivity index (χ0v) is 16.1. The Labute approximate surface area is 161 Å². The Bertz CT molecular complexity index is 1140. The molecule has 1 aliphatic rings. The second kappa shape index (κ2) is 7.26. The SMILES string of the molecule is Cn1c(=O)c2c(nc(NC3CCCCC3)n2Cc2cccc(F)c2)n(C)c1=O. The summed E-state index contributed by atoms with van der Waals surface area (Å²) in [7, 11) is 3.06. The van der Waals surface area contributed by atoms with Crippen molar-refractivity contribution in [3.05, 3.63) is 56.5 Å². The zero-order chi connectivity index (χ0) is 19.8. The monoisotopic (exact) mass is 385 g/mol. The molecule has 0 atom stereocenters. The van der Waals surface area contributed by atoms with Gasteiger partial charge >= 0.3 is 5.69 Å². The molecule has 2 aromatic heterocycles. The molecule has 0 amide bonds. The van der Waals surface area contributed by atoms with E-state index in [1.165, 1.54) is 30.2 Å². The molecule has 2 heterocycles. The van der Waals surface area contributed by atoms with Gasteiger partial charge in [0.15, 0.2) is 11.2 Å². The van der Waals surface area contributed by atoms with E-state index in [4.69, 9.17) is 0 Å². The summed E-state index contributed by atoms with van der Waals surface area (Å²) >= 11 is 0. The molecule has 0 spiro atoms. The van der Waals surface area contributed by atoms with Gasteiger partial charge in [-0.05, 0) is 30.5 Å². The summed E-state index contributed by atoms with van der Waals surface area (Å²) in [6.45, 7) is 0.288. The summed E-state index contributed by atoms with van der Waals surface area (Å²) in [5, 5.41) is 3.46. The van der Waals surface area contributed by atoms with Gasteiger partial charge in [0.2, 0.25) is 5.95 Å². The summed E-state index contributed by atoms with van der Waals surface area (Å²) in [5.74, 6) is 0.216. The summed E-state index contributed by atoms with van der Waals surface area (Å²) in [5.41, 5.74) is 0.577. The number of nitrogens with zero attached hydrogens (tertiary/aromatic N) is 4. The fourth-order valence-electron chi connectivity index (χ4n) is 3.96. The maximum absolute atomic E-state index is 13.7. The molecule has 0 saturated heterocycles. The molecule has 3 aromatic rings. The molecule has 8 heteroatoms. The van der Waals surface area contributed by atoms with Crippen molar-refractivity contribution >= 4 is 17.1 Å². The maximum Gasteiger partial charge on any atom is 0.332 e. The lowest BCUT2D eigenvalue weighted by Gasteiger charge is -2.23. The first-order valence-corrected chi connectivity index (χ1v) is 9.63. The van der Waals surface area contributed by atoms with Crippen molar-refractivity contribution < 1.29 is 4.39 Å². The van der Waals surface area contributed by atoms with E-state index in [1.54, 1.807) is 17.7 Å². The van der Waals surface area contributed by atoms with Crippen molar-refractivity contribution in [2.75, 3.05) is 5.32 Å². The molecule has 0 bridgehead atoms. The Kier molecular flexibility index (Phi) is 4.78. The van der Waals surface area contributed by atoms with Crippen LogP contribution in [0, 0.1) is 5.82 Å². The number of imidazole rings is 1. The van der Waals surface area contributed by atoms with E-state index in [0.29, 0.717) is 17.1 Å². The topological polar surface area (TPSA) is 73.8 Å². The van der Waals surface area contributed by atoms with E-state index < -0.39 is 11.2 Å². The summed E-state index contributed by atoms with van der Waals surface area (Å²) < 4.78 is 17.9. The highest BCUT2D eigenvalue weighted by Gasteiger charge is 2.22. The molecule has 148 valence electrons. The Balaban J connectivity index is 1.88. The van der Waals surface area contributed by atoms with Gasteiger partial charge in [-0.1, -0.05) is 31.4 Å². The average molecular weight is 385 g/mol. The van der Waals surface area contributed by atoms with Crippen molar-refractivity contribution in [1.29, 1.82) is 0 Å². The Morgan fingerprint density at radius 1 is 1.14 bits per heavy atom. The molecule has 1 aromatic carbocycles.